The normalized spacial score (nSPS) is 10.7. The molecule has 2 rings (SSSR count). The summed E-state index contributed by atoms with van der Waals surface area (Å²) in [5.74, 6) is 0. The zero-order valence-corrected chi connectivity index (χ0v) is 15.4. The first-order valence-corrected chi connectivity index (χ1v) is 8.41. The molecule has 6 heteroatoms. The average Bonchev–Trinajstić information content (AvgIpc) is 2.53. The van der Waals surface area contributed by atoms with Gasteiger partial charge in [-0.15, -0.1) is 0 Å². The van der Waals surface area contributed by atoms with Crippen LogP contribution in [-0.2, 0) is 11.3 Å². The Labute approximate surface area is 153 Å². The number of alkyl carbamates (subject to hydrolysis) is 1. The van der Waals surface area contributed by atoms with Crippen molar-refractivity contribution in [3.63, 3.8) is 0 Å². The quantitative estimate of drug-likeness (QED) is 0.702. The maximum absolute atomic E-state index is 11.6. The highest BCUT2D eigenvalue weighted by atomic mass is 32.1. The summed E-state index contributed by atoms with van der Waals surface area (Å²) in [4.78, 5) is 11.6. The number of anilines is 2. The highest BCUT2D eigenvalue weighted by Crippen LogP contribution is 2.12. The number of carbonyl (C=O) groups excluding carboxylic acids is 1. The van der Waals surface area contributed by atoms with Crippen LogP contribution in [0.5, 0.6) is 0 Å². The zero-order valence-electron chi connectivity index (χ0n) is 14.6. The Morgan fingerprint density at radius 2 is 1.52 bits per heavy atom. The second kappa shape index (κ2) is 8.48. The first kappa shape index (κ1) is 18.7. The molecule has 0 saturated carbocycles. The SMILES string of the molecule is CC(C)(C)OC(=O)NCc1ccc(NC(=S)Nc2ccccc2)cc1. The van der Waals surface area contributed by atoms with Crippen LogP contribution in [0.15, 0.2) is 54.6 Å². The first-order chi connectivity index (χ1) is 11.8. The molecular formula is C19H23N3O2S. The second-order valence-electron chi connectivity index (χ2n) is 6.50. The standard InChI is InChI=1S/C19H23N3O2S/c1-19(2,3)24-18(23)20-13-14-9-11-16(12-10-14)22-17(25)21-15-7-5-4-6-8-15/h4-12H,13H2,1-3H3,(H,20,23)(H2,21,22,25). The van der Waals surface area contributed by atoms with Crippen LogP contribution >= 0.6 is 12.2 Å². The van der Waals surface area contributed by atoms with E-state index < -0.39 is 11.7 Å². The van der Waals surface area contributed by atoms with Crippen LogP contribution in [0.2, 0.25) is 0 Å². The molecule has 0 saturated heterocycles. The van der Waals surface area contributed by atoms with Gasteiger partial charge in [0.25, 0.3) is 0 Å². The number of hydrogen-bond acceptors (Lipinski definition) is 3. The topological polar surface area (TPSA) is 62.4 Å². The number of rotatable bonds is 4. The lowest BCUT2D eigenvalue weighted by Crippen LogP contribution is -2.32. The fourth-order valence-electron chi connectivity index (χ4n) is 2.01. The van der Waals surface area contributed by atoms with Gasteiger partial charge in [0.05, 0.1) is 0 Å². The predicted molar refractivity (Wildman–Crippen MR) is 106 cm³/mol. The minimum Gasteiger partial charge on any atom is -0.444 e. The number of carbonyl (C=O) groups is 1. The molecule has 0 aliphatic carbocycles. The summed E-state index contributed by atoms with van der Waals surface area (Å²) in [7, 11) is 0. The summed E-state index contributed by atoms with van der Waals surface area (Å²) < 4.78 is 5.20. The van der Waals surface area contributed by atoms with Gasteiger partial charge in [0.15, 0.2) is 5.11 Å². The molecule has 0 aliphatic rings. The van der Waals surface area contributed by atoms with Crippen LogP contribution in [0.4, 0.5) is 16.2 Å². The van der Waals surface area contributed by atoms with Crippen LogP contribution in [0.25, 0.3) is 0 Å². The molecule has 5 nitrogen and oxygen atoms in total. The van der Waals surface area contributed by atoms with E-state index in [1.807, 2.05) is 75.4 Å². The Balaban J connectivity index is 1.81. The van der Waals surface area contributed by atoms with Gasteiger partial charge in [0.2, 0.25) is 0 Å². The van der Waals surface area contributed by atoms with E-state index in [1.165, 1.54) is 0 Å². The number of ether oxygens (including phenoxy) is 1. The summed E-state index contributed by atoms with van der Waals surface area (Å²) in [6.45, 7) is 5.90. The molecule has 25 heavy (non-hydrogen) atoms. The van der Waals surface area contributed by atoms with Gasteiger partial charge in [-0.3, -0.25) is 0 Å². The Bertz CT molecular complexity index is 710. The lowest BCUT2D eigenvalue weighted by molar-refractivity contribution is 0.0523. The molecule has 1 amide bonds. The van der Waals surface area contributed by atoms with Crippen molar-refractivity contribution >= 4 is 34.8 Å². The molecule has 3 N–H and O–H groups in total. The van der Waals surface area contributed by atoms with Gasteiger partial charge in [-0.05, 0) is 62.8 Å². The Morgan fingerprint density at radius 1 is 0.960 bits per heavy atom. The van der Waals surface area contributed by atoms with Crippen molar-refractivity contribution < 1.29 is 9.53 Å². The third kappa shape index (κ3) is 7.22. The van der Waals surface area contributed by atoms with E-state index in [4.69, 9.17) is 17.0 Å². The lowest BCUT2D eigenvalue weighted by atomic mass is 10.2. The molecule has 0 spiro atoms. The van der Waals surface area contributed by atoms with Gasteiger partial charge in [0, 0.05) is 17.9 Å². The van der Waals surface area contributed by atoms with E-state index in [1.54, 1.807) is 0 Å². The van der Waals surface area contributed by atoms with Crippen molar-refractivity contribution in [2.45, 2.75) is 32.9 Å². The van der Waals surface area contributed by atoms with E-state index in [9.17, 15) is 4.79 Å². The van der Waals surface area contributed by atoms with Crippen molar-refractivity contribution in [2.75, 3.05) is 10.6 Å². The molecule has 0 fully saturated rings. The minimum atomic E-state index is -0.501. The Hall–Kier alpha value is -2.60. The molecule has 0 aliphatic heterocycles. The number of para-hydroxylation sites is 1. The summed E-state index contributed by atoms with van der Waals surface area (Å²) in [6.07, 6.45) is -0.428. The fraction of sp³-hybridized carbons (Fsp3) is 0.263. The van der Waals surface area contributed by atoms with Gasteiger partial charge >= 0.3 is 6.09 Å². The van der Waals surface area contributed by atoms with Crippen molar-refractivity contribution in [3.8, 4) is 0 Å². The van der Waals surface area contributed by atoms with Crippen LogP contribution < -0.4 is 16.0 Å². The van der Waals surface area contributed by atoms with Gasteiger partial charge in [-0.25, -0.2) is 4.79 Å². The number of nitrogens with one attached hydrogen (secondary N) is 3. The van der Waals surface area contributed by atoms with Crippen LogP contribution in [0.1, 0.15) is 26.3 Å². The number of hydrogen-bond donors (Lipinski definition) is 3. The van der Waals surface area contributed by atoms with Crippen molar-refractivity contribution in [2.24, 2.45) is 0 Å². The van der Waals surface area contributed by atoms with Gasteiger partial charge in [0.1, 0.15) is 5.60 Å². The average molecular weight is 357 g/mol. The molecule has 0 radical (unpaired) electrons. The highest BCUT2D eigenvalue weighted by Gasteiger charge is 2.15. The van der Waals surface area contributed by atoms with Gasteiger partial charge < -0.3 is 20.7 Å². The summed E-state index contributed by atoms with van der Waals surface area (Å²) >= 11 is 5.29. The van der Waals surface area contributed by atoms with Crippen molar-refractivity contribution in [3.05, 3.63) is 60.2 Å². The molecule has 2 aromatic rings. The maximum atomic E-state index is 11.6. The molecule has 0 bridgehead atoms. The largest absolute Gasteiger partial charge is 0.444 e. The minimum absolute atomic E-state index is 0.405. The molecule has 0 heterocycles. The molecule has 0 atom stereocenters. The van der Waals surface area contributed by atoms with E-state index in [-0.39, 0.29) is 0 Å². The summed E-state index contributed by atoms with van der Waals surface area (Å²) in [5, 5.41) is 9.48. The zero-order chi connectivity index (χ0) is 18.3. The molecule has 0 aromatic heterocycles. The summed E-state index contributed by atoms with van der Waals surface area (Å²) in [5.41, 5.74) is 2.27. The summed E-state index contributed by atoms with van der Waals surface area (Å²) in [6, 6.07) is 17.4. The van der Waals surface area contributed by atoms with E-state index in [0.29, 0.717) is 11.7 Å². The van der Waals surface area contributed by atoms with Crippen molar-refractivity contribution in [1.29, 1.82) is 0 Å². The first-order valence-electron chi connectivity index (χ1n) is 8.01. The molecule has 2 aromatic carbocycles. The predicted octanol–water partition coefficient (Wildman–Crippen LogP) is 4.52. The highest BCUT2D eigenvalue weighted by molar-refractivity contribution is 7.80. The van der Waals surface area contributed by atoms with E-state index >= 15 is 0 Å². The van der Waals surface area contributed by atoms with Gasteiger partial charge in [-0.2, -0.15) is 0 Å². The monoisotopic (exact) mass is 357 g/mol. The van der Waals surface area contributed by atoms with Crippen LogP contribution in [0.3, 0.4) is 0 Å². The van der Waals surface area contributed by atoms with Crippen molar-refractivity contribution in [1.82, 2.24) is 5.32 Å². The lowest BCUT2D eigenvalue weighted by Gasteiger charge is -2.19. The van der Waals surface area contributed by atoms with Crippen LogP contribution in [0, 0.1) is 0 Å². The van der Waals surface area contributed by atoms with Crippen LogP contribution in [-0.4, -0.2) is 16.8 Å². The Kier molecular flexibility index (Phi) is 6.36. The second-order valence-corrected chi connectivity index (χ2v) is 6.91. The smallest absolute Gasteiger partial charge is 0.407 e. The third-order valence-electron chi connectivity index (χ3n) is 3.08. The van der Waals surface area contributed by atoms with E-state index in [2.05, 4.69) is 16.0 Å². The molecule has 132 valence electrons. The fourth-order valence-corrected chi connectivity index (χ4v) is 2.24. The molecular weight excluding hydrogens is 334 g/mol. The Morgan fingerprint density at radius 3 is 2.08 bits per heavy atom. The molecule has 0 unspecified atom stereocenters. The number of amides is 1. The van der Waals surface area contributed by atoms with E-state index in [0.717, 1.165) is 16.9 Å². The number of thiocarbonyl (C=S) groups is 1. The third-order valence-corrected chi connectivity index (χ3v) is 3.28. The number of benzene rings is 2. The van der Waals surface area contributed by atoms with Gasteiger partial charge in [-0.1, -0.05) is 30.3 Å². The maximum Gasteiger partial charge on any atom is 0.407 e.